The molecular weight excluding hydrogens is 178 g/mol. The quantitative estimate of drug-likeness (QED) is 0.739. The van der Waals surface area contributed by atoms with Crippen LogP contribution >= 0.6 is 0 Å². The molecule has 1 heterocycles. The number of ether oxygens (including phenoxy) is 1. The number of likely N-dealkylation sites (tertiary alicyclic amines) is 1. The fourth-order valence-electron chi connectivity index (χ4n) is 2.34. The molecule has 84 valence electrons. The Balaban J connectivity index is 2.55. The Bertz CT molecular complexity index is 171. The van der Waals surface area contributed by atoms with E-state index in [-0.39, 0.29) is 5.54 Å². The van der Waals surface area contributed by atoms with Gasteiger partial charge in [-0.25, -0.2) is 0 Å². The molecule has 1 aliphatic heterocycles. The second kappa shape index (κ2) is 5.10. The lowest BCUT2D eigenvalue weighted by Gasteiger charge is -2.47. The normalized spacial score (nSPS) is 27.9. The standard InChI is InChI=1S/C11H23NO2/c1-11(2)10(9-13)5-4-6-12(11)7-8-14-3/h10,13H,4-9H2,1-3H3. The monoisotopic (exact) mass is 201 g/mol. The van der Waals surface area contributed by atoms with Crippen LogP contribution < -0.4 is 0 Å². The highest BCUT2D eigenvalue weighted by atomic mass is 16.5. The summed E-state index contributed by atoms with van der Waals surface area (Å²) in [4.78, 5) is 2.43. The molecule has 1 unspecified atom stereocenters. The Hall–Kier alpha value is -0.120. The third-order valence-corrected chi connectivity index (χ3v) is 3.58. The Morgan fingerprint density at radius 3 is 2.79 bits per heavy atom. The van der Waals surface area contributed by atoms with Crippen LogP contribution in [-0.4, -0.2) is 49.0 Å². The van der Waals surface area contributed by atoms with Crippen LogP contribution in [0.1, 0.15) is 26.7 Å². The van der Waals surface area contributed by atoms with Crippen molar-refractivity contribution in [2.24, 2.45) is 5.92 Å². The van der Waals surface area contributed by atoms with Gasteiger partial charge in [-0.15, -0.1) is 0 Å². The minimum atomic E-state index is 0.117. The van der Waals surface area contributed by atoms with E-state index in [0.29, 0.717) is 12.5 Å². The number of hydrogen-bond acceptors (Lipinski definition) is 3. The van der Waals surface area contributed by atoms with Crippen LogP contribution in [0.5, 0.6) is 0 Å². The first-order valence-corrected chi connectivity index (χ1v) is 5.47. The molecule has 1 N–H and O–H groups in total. The third kappa shape index (κ3) is 2.47. The van der Waals surface area contributed by atoms with Gasteiger partial charge in [0.25, 0.3) is 0 Å². The molecule has 0 spiro atoms. The smallest absolute Gasteiger partial charge is 0.0589 e. The van der Waals surface area contributed by atoms with Gasteiger partial charge in [0.1, 0.15) is 0 Å². The highest BCUT2D eigenvalue weighted by molar-refractivity contribution is 4.92. The van der Waals surface area contributed by atoms with Crippen molar-refractivity contribution in [1.29, 1.82) is 0 Å². The average Bonchev–Trinajstić information content (AvgIpc) is 2.15. The van der Waals surface area contributed by atoms with E-state index in [9.17, 15) is 5.11 Å². The van der Waals surface area contributed by atoms with Gasteiger partial charge in [-0.1, -0.05) is 0 Å². The van der Waals surface area contributed by atoms with Crippen molar-refractivity contribution in [3.8, 4) is 0 Å². The van der Waals surface area contributed by atoms with Crippen molar-refractivity contribution in [2.75, 3.05) is 33.4 Å². The van der Waals surface area contributed by atoms with Gasteiger partial charge < -0.3 is 9.84 Å². The van der Waals surface area contributed by atoms with E-state index in [0.717, 1.165) is 26.1 Å². The highest BCUT2D eigenvalue weighted by Gasteiger charge is 2.37. The highest BCUT2D eigenvalue weighted by Crippen LogP contribution is 2.32. The van der Waals surface area contributed by atoms with Crippen molar-refractivity contribution < 1.29 is 9.84 Å². The summed E-state index contributed by atoms with van der Waals surface area (Å²) in [6, 6.07) is 0. The predicted octanol–water partition coefficient (Wildman–Crippen LogP) is 1.12. The van der Waals surface area contributed by atoms with Gasteiger partial charge in [-0.2, -0.15) is 0 Å². The summed E-state index contributed by atoms with van der Waals surface area (Å²) in [5, 5.41) is 9.31. The van der Waals surface area contributed by atoms with E-state index in [1.165, 1.54) is 6.42 Å². The molecule has 14 heavy (non-hydrogen) atoms. The molecule has 1 atom stereocenters. The molecule has 0 saturated carbocycles. The molecule has 0 bridgehead atoms. The Kier molecular flexibility index (Phi) is 4.35. The van der Waals surface area contributed by atoms with Crippen molar-refractivity contribution >= 4 is 0 Å². The van der Waals surface area contributed by atoms with Gasteiger partial charge in [0.15, 0.2) is 0 Å². The van der Waals surface area contributed by atoms with Crippen molar-refractivity contribution in [3.05, 3.63) is 0 Å². The first-order chi connectivity index (χ1) is 6.62. The maximum atomic E-state index is 9.31. The van der Waals surface area contributed by atoms with Gasteiger partial charge in [0.2, 0.25) is 0 Å². The Morgan fingerprint density at radius 2 is 2.21 bits per heavy atom. The maximum Gasteiger partial charge on any atom is 0.0589 e. The number of rotatable bonds is 4. The molecule has 1 fully saturated rings. The van der Waals surface area contributed by atoms with Crippen molar-refractivity contribution in [3.63, 3.8) is 0 Å². The Labute approximate surface area is 87.1 Å². The van der Waals surface area contributed by atoms with Gasteiger partial charge >= 0.3 is 0 Å². The van der Waals surface area contributed by atoms with E-state index >= 15 is 0 Å². The van der Waals surface area contributed by atoms with E-state index in [1.54, 1.807) is 7.11 Å². The van der Waals surface area contributed by atoms with Crippen LogP contribution in [0.2, 0.25) is 0 Å². The zero-order chi connectivity index (χ0) is 10.6. The van der Waals surface area contributed by atoms with Crippen LogP contribution in [0.4, 0.5) is 0 Å². The average molecular weight is 201 g/mol. The molecule has 1 saturated heterocycles. The second-order valence-electron chi connectivity index (χ2n) is 4.66. The first kappa shape index (κ1) is 12.0. The molecule has 0 aromatic carbocycles. The summed E-state index contributed by atoms with van der Waals surface area (Å²) in [6.45, 7) is 7.64. The molecule has 3 heteroatoms. The number of methoxy groups -OCH3 is 1. The largest absolute Gasteiger partial charge is 0.396 e. The fourth-order valence-corrected chi connectivity index (χ4v) is 2.34. The molecule has 1 rings (SSSR count). The van der Waals surface area contributed by atoms with Gasteiger partial charge in [0, 0.05) is 25.8 Å². The van der Waals surface area contributed by atoms with Crippen LogP contribution in [0.25, 0.3) is 0 Å². The minimum absolute atomic E-state index is 0.117. The van der Waals surface area contributed by atoms with E-state index < -0.39 is 0 Å². The summed E-state index contributed by atoms with van der Waals surface area (Å²) in [7, 11) is 1.74. The zero-order valence-electron chi connectivity index (χ0n) is 9.62. The molecule has 0 aromatic rings. The second-order valence-corrected chi connectivity index (χ2v) is 4.66. The van der Waals surface area contributed by atoms with Gasteiger partial charge in [-0.3, -0.25) is 4.90 Å². The summed E-state index contributed by atoms with van der Waals surface area (Å²) in [5.74, 6) is 0.410. The number of aliphatic hydroxyl groups is 1. The first-order valence-electron chi connectivity index (χ1n) is 5.47. The Morgan fingerprint density at radius 1 is 1.50 bits per heavy atom. The summed E-state index contributed by atoms with van der Waals surface area (Å²) >= 11 is 0. The van der Waals surface area contributed by atoms with Crippen LogP contribution in [-0.2, 0) is 4.74 Å². The van der Waals surface area contributed by atoms with E-state index in [1.807, 2.05) is 0 Å². The van der Waals surface area contributed by atoms with Gasteiger partial charge in [0.05, 0.1) is 6.61 Å². The lowest BCUT2D eigenvalue weighted by molar-refractivity contribution is -0.0165. The number of nitrogens with zero attached hydrogens (tertiary/aromatic N) is 1. The van der Waals surface area contributed by atoms with Crippen molar-refractivity contribution in [2.45, 2.75) is 32.2 Å². The molecule has 0 aromatic heterocycles. The number of piperidine rings is 1. The van der Waals surface area contributed by atoms with E-state index in [4.69, 9.17) is 4.74 Å². The fraction of sp³-hybridized carbons (Fsp3) is 1.00. The minimum Gasteiger partial charge on any atom is -0.396 e. The molecule has 0 aliphatic carbocycles. The number of aliphatic hydroxyl groups excluding tert-OH is 1. The molecule has 0 amide bonds. The van der Waals surface area contributed by atoms with Gasteiger partial charge in [-0.05, 0) is 39.2 Å². The lowest BCUT2D eigenvalue weighted by Crippen LogP contribution is -2.55. The van der Waals surface area contributed by atoms with E-state index in [2.05, 4.69) is 18.7 Å². The predicted molar refractivity (Wildman–Crippen MR) is 57.3 cm³/mol. The molecular formula is C11H23NO2. The van der Waals surface area contributed by atoms with Crippen LogP contribution in [0.15, 0.2) is 0 Å². The molecule has 1 aliphatic rings. The summed E-state index contributed by atoms with van der Waals surface area (Å²) < 4.78 is 5.10. The molecule has 3 nitrogen and oxygen atoms in total. The number of hydrogen-bond donors (Lipinski definition) is 1. The zero-order valence-corrected chi connectivity index (χ0v) is 9.62. The third-order valence-electron chi connectivity index (χ3n) is 3.58. The maximum absolute atomic E-state index is 9.31. The summed E-state index contributed by atoms with van der Waals surface area (Å²) in [6.07, 6.45) is 2.34. The SMILES string of the molecule is COCCN1CCCC(CO)C1(C)C. The summed E-state index contributed by atoms with van der Waals surface area (Å²) in [5.41, 5.74) is 0.117. The van der Waals surface area contributed by atoms with Crippen molar-refractivity contribution in [1.82, 2.24) is 4.90 Å². The molecule has 0 radical (unpaired) electrons. The van der Waals surface area contributed by atoms with Crippen LogP contribution in [0, 0.1) is 5.92 Å². The lowest BCUT2D eigenvalue weighted by atomic mass is 9.79. The van der Waals surface area contributed by atoms with Crippen LogP contribution in [0.3, 0.4) is 0 Å². The topological polar surface area (TPSA) is 32.7 Å².